The topological polar surface area (TPSA) is 59.7 Å². The van der Waals surface area contributed by atoms with Crippen molar-refractivity contribution in [2.24, 2.45) is 5.92 Å². The second-order valence-electron chi connectivity index (χ2n) is 2.41. The van der Waals surface area contributed by atoms with Gasteiger partial charge in [-0.2, -0.15) is 0 Å². The van der Waals surface area contributed by atoms with Crippen molar-refractivity contribution in [1.82, 2.24) is 0 Å². The number of hydrogen-bond acceptors (Lipinski definition) is 0. The summed E-state index contributed by atoms with van der Waals surface area (Å²) in [5, 5.41) is 0. The first-order valence-corrected chi connectivity index (χ1v) is 4.33. The quantitative estimate of drug-likeness (QED) is 0.235. The zero-order chi connectivity index (χ0) is 13.8. The zero-order valence-corrected chi connectivity index (χ0v) is 11.1. The van der Waals surface area contributed by atoms with Gasteiger partial charge in [-0.25, -0.2) is 0 Å². The van der Waals surface area contributed by atoms with Gasteiger partial charge in [0.15, 0.2) is 0 Å². The predicted octanol–water partition coefficient (Wildman–Crippen LogP) is 2.92. The van der Waals surface area contributed by atoms with E-state index in [4.69, 9.17) is 14.0 Å². The molecule has 0 aromatic rings. The second kappa shape index (κ2) is 45.1. The average Bonchev–Trinajstić information content (AvgIpc) is 2.37. The summed E-state index contributed by atoms with van der Waals surface area (Å²) in [4.78, 5) is 0. The van der Waals surface area contributed by atoms with Gasteiger partial charge in [-0.15, -0.1) is 6.58 Å². The zero-order valence-electron chi connectivity index (χ0n) is 9.96. The van der Waals surface area contributed by atoms with Gasteiger partial charge in [-0.1, -0.05) is 19.9 Å². The SMILES string of the molecule is C=CC[C@H](C)[CH][CH][CH][CH]C.[C-]#[O+].[C-]#[O+].[C-]#[O+].[Fe]. The van der Waals surface area contributed by atoms with Gasteiger partial charge in [0.1, 0.15) is 0 Å². The summed E-state index contributed by atoms with van der Waals surface area (Å²) in [5.74, 6) is 0.619. The van der Waals surface area contributed by atoms with E-state index < -0.39 is 0 Å². The molecule has 0 heterocycles. The summed E-state index contributed by atoms with van der Waals surface area (Å²) in [7, 11) is 0. The van der Waals surface area contributed by atoms with Crippen molar-refractivity contribution in [2.45, 2.75) is 20.3 Å². The number of hydrogen-bond donors (Lipinski definition) is 0. The van der Waals surface area contributed by atoms with Crippen LogP contribution in [0.4, 0.5) is 0 Å². The van der Waals surface area contributed by atoms with Crippen LogP contribution in [-0.2, 0) is 31.0 Å². The van der Waals surface area contributed by atoms with Gasteiger partial charge in [0, 0.05) is 17.1 Å². The summed E-state index contributed by atoms with van der Waals surface area (Å²) >= 11 is 0. The van der Waals surface area contributed by atoms with E-state index in [0.717, 1.165) is 6.42 Å². The van der Waals surface area contributed by atoms with Crippen molar-refractivity contribution in [3.05, 3.63) is 58.3 Å². The first kappa shape index (κ1) is 30.0. The molecule has 4 heteroatoms. The van der Waals surface area contributed by atoms with E-state index in [-0.39, 0.29) is 17.1 Å². The summed E-state index contributed by atoms with van der Waals surface area (Å²) < 4.78 is 22.5. The van der Waals surface area contributed by atoms with Crippen molar-refractivity contribution in [1.29, 1.82) is 0 Å². The molecule has 0 amide bonds. The van der Waals surface area contributed by atoms with Gasteiger partial charge in [0.2, 0.25) is 0 Å². The standard InChI is InChI=1S/C10H16.3CO.Fe/c1-4-6-7-9-10(3)8-5-2;3*1-2;/h4-7,9-10H,2,8H2,1,3H3;;;;/t10-;;;;/m0..../s1. The molecule has 17 heavy (non-hydrogen) atoms. The van der Waals surface area contributed by atoms with Crippen LogP contribution in [0.1, 0.15) is 20.3 Å². The molecular weight excluding hydrogens is 260 g/mol. The molecule has 94 valence electrons. The van der Waals surface area contributed by atoms with E-state index in [1.165, 1.54) is 0 Å². The Morgan fingerprint density at radius 2 is 1.47 bits per heavy atom. The predicted molar refractivity (Wildman–Crippen MR) is 58.6 cm³/mol. The molecule has 0 aromatic carbocycles. The Bertz CT molecular complexity index is 159. The Morgan fingerprint density at radius 1 is 1.06 bits per heavy atom. The Hall–Kier alpha value is -0.521. The molecular formula is C13H16FeO3. The van der Waals surface area contributed by atoms with E-state index in [2.05, 4.69) is 46.3 Å². The molecule has 3 nitrogen and oxygen atoms in total. The van der Waals surface area contributed by atoms with Crippen LogP contribution < -0.4 is 0 Å². The van der Waals surface area contributed by atoms with Gasteiger partial charge in [0.05, 0.1) is 0 Å². The molecule has 0 aliphatic rings. The minimum atomic E-state index is 0. The Kier molecular flexibility index (Phi) is 79.6. The maximum Gasteiger partial charge on any atom is 0 e. The maximum atomic E-state index is 7.50. The molecule has 0 aliphatic carbocycles. The molecule has 0 saturated heterocycles. The molecule has 0 spiro atoms. The van der Waals surface area contributed by atoms with Gasteiger partial charge in [-0.3, -0.25) is 0 Å². The molecule has 0 aromatic heterocycles. The molecule has 4 radical (unpaired) electrons. The van der Waals surface area contributed by atoms with Gasteiger partial charge in [-0.05, 0) is 38.0 Å². The largest absolute Gasteiger partial charge is 0 e. The number of allylic oxidation sites excluding steroid dienone is 1. The van der Waals surface area contributed by atoms with E-state index in [0.29, 0.717) is 5.92 Å². The van der Waals surface area contributed by atoms with Gasteiger partial charge < -0.3 is 0 Å². The van der Waals surface area contributed by atoms with Gasteiger partial charge in [0.25, 0.3) is 0 Å². The fourth-order valence-electron chi connectivity index (χ4n) is 0.706. The fraction of sp³-hybridized carbons (Fsp3) is 0.308. The average molecular weight is 276 g/mol. The third-order valence-corrected chi connectivity index (χ3v) is 1.28. The summed E-state index contributed by atoms with van der Waals surface area (Å²) in [6.07, 6.45) is 11.3. The van der Waals surface area contributed by atoms with Crippen LogP contribution in [0, 0.1) is 51.6 Å². The van der Waals surface area contributed by atoms with Crippen LogP contribution in [-0.4, -0.2) is 0 Å². The first-order valence-electron chi connectivity index (χ1n) is 4.33. The number of unbranched alkanes of at least 4 members (excludes halogenated alkanes) is 2. The summed E-state index contributed by atoms with van der Waals surface area (Å²) in [6, 6.07) is 0. The summed E-state index contributed by atoms with van der Waals surface area (Å²) in [5.41, 5.74) is 0. The van der Waals surface area contributed by atoms with Crippen LogP contribution in [0.25, 0.3) is 0 Å². The second-order valence-corrected chi connectivity index (χ2v) is 2.41. The van der Waals surface area contributed by atoms with Crippen LogP contribution in [0.5, 0.6) is 0 Å². The van der Waals surface area contributed by atoms with Crippen LogP contribution >= 0.6 is 0 Å². The first-order chi connectivity index (χ1) is 7.81. The molecule has 1 atom stereocenters. The Labute approximate surface area is 116 Å². The molecule has 0 aliphatic heterocycles. The monoisotopic (exact) mass is 276 g/mol. The van der Waals surface area contributed by atoms with E-state index in [1.54, 1.807) is 0 Å². The smallest absolute Gasteiger partial charge is 0 e. The van der Waals surface area contributed by atoms with E-state index >= 15 is 0 Å². The van der Waals surface area contributed by atoms with E-state index in [9.17, 15) is 0 Å². The van der Waals surface area contributed by atoms with Crippen LogP contribution in [0.2, 0.25) is 0 Å². The molecule has 0 saturated carbocycles. The minimum Gasteiger partial charge on any atom is 0 e. The molecule has 0 fully saturated rings. The van der Waals surface area contributed by atoms with Crippen LogP contribution in [0.15, 0.2) is 12.7 Å². The molecule has 0 rings (SSSR count). The fourth-order valence-corrected chi connectivity index (χ4v) is 0.706. The third-order valence-electron chi connectivity index (χ3n) is 1.28. The normalized spacial score (nSPS) is 8.00. The molecule has 0 N–H and O–H groups in total. The minimum absolute atomic E-state index is 0. The van der Waals surface area contributed by atoms with Crippen molar-refractivity contribution in [3.8, 4) is 0 Å². The Balaban J connectivity index is -0.0000000594. The maximum absolute atomic E-state index is 7.50. The number of rotatable bonds is 6. The Morgan fingerprint density at radius 3 is 1.76 bits per heavy atom. The van der Waals surface area contributed by atoms with Crippen molar-refractivity contribution >= 4 is 0 Å². The van der Waals surface area contributed by atoms with Crippen LogP contribution in [0.3, 0.4) is 0 Å². The summed E-state index contributed by atoms with van der Waals surface area (Å²) in [6.45, 7) is 21.4. The third kappa shape index (κ3) is 50.3. The van der Waals surface area contributed by atoms with Gasteiger partial charge >= 0.3 is 33.9 Å². The van der Waals surface area contributed by atoms with Crippen molar-refractivity contribution in [2.75, 3.05) is 0 Å². The van der Waals surface area contributed by atoms with Crippen molar-refractivity contribution in [3.63, 3.8) is 0 Å². The molecule has 0 unspecified atom stereocenters. The van der Waals surface area contributed by atoms with E-state index in [1.807, 2.05) is 25.8 Å². The molecule has 0 bridgehead atoms. The van der Waals surface area contributed by atoms with Crippen molar-refractivity contribution < 1.29 is 31.0 Å².